The topological polar surface area (TPSA) is 49.6 Å². The summed E-state index contributed by atoms with van der Waals surface area (Å²) >= 11 is 0. The number of nitrogens with two attached hydrogens (primary N) is 1. The van der Waals surface area contributed by atoms with Crippen LogP contribution in [-0.2, 0) is 4.79 Å². The molecule has 0 saturated carbocycles. The van der Waals surface area contributed by atoms with Crippen LogP contribution in [0.4, 0.5) is 0 Å². The Balaban J connectivity index is 2.27. The maximum atomic E-state index is 11.9. The minimum Gasteiger partial charge on any atom is -0.336 e. The summed E-state index contributed by atoms with van der Waals surface area (Å²) in [6, 6.07) is 0.244. The molecule has 15 heavy (non-hydrogen) atoms. The van der Waals surface area contributed by atoms with E-state index >= 15 is 0 Å². The van der Waals surface area contributed by atoms with Gasteiger partial charge >= 0.3 is 0 Å². The maximum Gasteiger partial charge on any atom is 0.269 e. The van der Waals surface area contributed by atoms with Gasteiger partial charge in [0, 0.05) is 24.8 Å². The van der Waals surface area contributed by atoms with Crippen LogP contribution in [0.1, 0.15) is 13.3 Å². The summed E-state index contributed by atoms with van der Waals surface area (Å²) in [5, 5.41) is 0. The molecule has 0 aliphatic carbocycles. The maximum absolute atomic E-state index is 11.9. The van der Waals surface area contributed by atoms with Crippen molar-refractivity contribution in [1.82, 2.24) is 9.80 Å². The van der Waals surface area contributed by atoms with E-state index < -0.39 is 0 Å². The highest BCUT2D eigenvalue weighted by Gasteiger charge is 2.42. The van der Waals surface area contributed by atoms with Crippen LogP contribution in [0, 0.1) is 0 Å². The Morgan fingerprint density at radius 3 is 2.80 bits per heavy atom. The highest BCUT2D eigenvalue weighted by molar-refractivity contribution is 5.93. The van der Waals surface area contributed by atoms with E-state index in [1.807, 2.05) is 16.7 Å². The molecule has 4 heteroatoms. The van der Waals surface area contributed by atoms with Crippen LogP contribution in [0.25, 0.3) is 0 Å². The Morgan fingerprint density at radius 1 is 1.53 bits per heavy atom. The van der Waals surface area contributed by atoms with Crippen molar-refractivity contribution in [3.05, 3.63) is 24.6 Å². The van der Waals surface area contributed by atoms with E-state index in [9.17, 15) is 4.79 Å². The van der Waals surface area contributed by atoms with Gasteiger partial charge in [0.15, 0.2) is 0 Å². The first-order valence-electron chi connectivity index (χ1n) is 5.28. The zero-order chi connectivity index (χ0) is 11.2. The zero-order valence-electron chi connectivity index (χ0n) is 9.07. The van der Waals surface area contributed by atoms with Gasteiger partial charge in [0.2, 0.25) is 0 Å². The molecule has 0 aromatic heterocycles. The molecule has 4 nitrogen and oxygen atoms in total. The van der Waals surface area contributed by atoms with Crippen molar-refractivity contribution in [3.63, 3.8) is 0 Å². The fourth-order valence-electron chi connectivity index (χ4n) is 2.39. The van der Waals surface area contributed by atoms with Crippen LogP contribution in [0.5, 0.6) is 0 Å². The second kappa shape index (κ2) is 3.38. The number of fused-ring (bicyclic) bond motifs is 1. The van der Waals surface area contributed by atoms with Crippen LogP contribution < -0.4 is 5.73 Å². The monoisotopic (exact) mass is 207 g/mol. The SMILES string of the molecule is C=C1C(=O)N(CC)C[C@H]2C[C@H](N)C(=C)N12. The molecular weight excluding hydrogens is 190 g/mol. The van der Waals surface area contributed by atoms with E-state index in [1.54, 1.807) is 0 Å². The molecule has 0 aromatic rings. The predicted molar refractivity (Wildman–Crippen MR) is 58.8 cm³/mol. The first kappa shape index (κ1) is 10.2. The zero-order valence-corrected chi connectivity index (χ0v) is 9.07. The van der Waals surface area contributed by atoms with E-state index in [0.29, 0.717) is 5.70 Å². The summed E-state index contributed by atoms with van der Waals surface area (Å²) < 4.78 is 0. The Hall–Kier alpha value is -1.29. The smallest absolute Gasteiger partial charge is 0.269 e. The fraction of sp³-hybridized carbons (Fsp3) is 0.545. The molecule has 0 spiro atoms. The van der Waals surface area contributed by atoms with E-state index in [0.717, 1.165) is 25.2 Å². The number of rotatable bonds is 1. The van der Waals surface area contributed by atoms with Gasteiger partial charge in [-0.05, 0) is 13.3 Å². The summed E-state index contributed by atoms with van der Waals surface area (Å²) in [4.78, 5) is 15.6. The second-order valence-corrected chi connectivity index (χ2v) is 4.15. The molecule has 2 atom stereocenters. The van der Waals surface area contributed by atoms with Crippen molar-refractivity contribution in [1.29, 1.82) is 0 Å². The summed E-state index contributed by atoms with van der Waals surface area (Å²) in [6.07, 6.45) is 0.863. The van der Waals surface area contributed by atoms with Gasteiger partial charge in [0.1, 0.15) is 0 Å². The van der Waals surface area contributed by atoms with Crippen LogP contribution >= 0.6 is 0 Å². The highest BCUT2D eigenvalue weighted by Crippen LogP contribution is 2.33. The molecule has 2 aliphatic heterocycles. The number of likely N-dealkylation sites (N-methyl/N-ethyl adjacent to an activating group) is 1. The van der Waals surface area contributed by atoms with Crippen LogP contribution in [0.3, 0.4) is 0 Å². The first-order valence-corrected chi connectivity index (χ1v) is 5.28. The fourth-order valence-corrected chi connectivity index (χ4v) is 2.39. The average Bonchev–Trinajstić information content (AvgIpc) is 2.49. The third-order valence-corrected chi connectivity index (χ3v) is 3.27. The molecular formula is C11H17N3O. The summed E-state index contributed by atoms with van der Waals surface area (Å²) in [5.41, 5.74) is 7.27. The molecule has 1 amide bonds. The minimum atomic E-state index is -0.0312. The summed E-state index contributed by atoms with van der Waals surface area (Å²) in [7, 11) is 0. The number of hydrogen-bond acceptors (Lipinski definition) is 3. The quantitative estimate of drug-likeness (QED) is 0.628. The molecule has 2 fully saturated rings. The summed E-state index contributed by atoms with van der Waals surface area (Å²) in [5.74, 6) is 0.00370. The molecule has 2 rings (SSSR count). The number of hydrogen-bond donors (Lipinski definition) is 1. The van der Waals surface area contributed by atoms with Gasteiger partial charge in [0.25, 0.3) is 5.91 Å². The van der Waals surface area contributed by atoms with Gasteiger partial charge in [-0.3, -0.25) is 4.79 Å². The van der Waals surface area contributed by atoms with Crippen molar-refractivity contribution in [2.75, 3.05) is 13.1 Å². The number of piperazine rings is 1. The molecule has 2 saturated heterocycles. The third kappa shape index (κ3) is 1.36. The molecule has 2 N–H and O–H groups in total. The lowest BCUT2D eigenvalue weighted by atomic mass is 10.1. The largest absolute Gasteiger partial charge is 0.336 e. The molecule has 2 aliphatic rings. The Bertz CT molecular complexity index is 337. The van der Waals surface area contributed by atoms with Crippen molar-refractivity contribution in [2.24, 2.45) is 5.73 Å². The third-order valence-electron chi connectivity index (χ3n) is 3.27. The standard InChI is InChI=1S/C11H17N3O/c1-4-13-6-9-5-10(12)7(2)14(9)8(3)11(13)15/h9-10H,2-6,12H2,1H3/t9-,10+/m1/s1. The number of nitrogens with zero attached hydrogens (tertiary/aromatic N) is 2. The number of amides is 1. The van der Waals surface area contributed by atoms with Crippen molar-refractivity contribution < 1.29 is 4.79 Å². The van der Waals surface area contributed by atoms with Crippen LogP contribution in [0.15, 0.2) is 24.6 Å². The van der Waals surface area contributed by atoms with E-state index in [1.165, 1.54) is 0 Å². The van der Waals surface area contributed by atoms with Crippen molar-refractivity contribution >= 4 is 5.91 Å². The number of carbonyl (C=O) groups excluding carboxylic acids is 1. The molecule has 0 aromatic carbocycles. The van der Waals surface area contributed by atoms with Crippen molar-refractivity contribution in [3.8, 4) is 0 Å². The molecule has 0 radical (unpaired) electrons. The minimum absolute atomic E-state index is 0.00370. The van der Waals surface area contributed by atoms with E-state index in [-0.39, 0.29) is 18.0 Å². The summed E-state index contributed by atoms with van der Waals surface area (Å²) in [6.45, 7) is 11.2. The second-order valence-electron chi connectivity index (χ2n) is 4.15. The predicted octanol–water partition coefficient (Wildman–Crippen LogP) is 0.278. The van der Waals surface area contributed by atoms with Gasteiger partial charge < -0.3 is 15.5 Å². The van der Waals surface area contributed by atoms with Gasteiger partial charge in [-0.15, -0.1) is 0 Å². The van der Waals surface area contributed by atoms with E-state index in [2.05, 4.69) is 13.2 Å². The average molecular weight is 207 g/mol. The lowest BCUT2D eigenvalue weighted by Gasteiger charge is -2.39. The molecule has 0 unspecified atom stereocenters. The Morgan fingerprint density at radius 2 is 2.20 bits per heavy atom. The lowest BCUT2D eigenvalue weighted by molar-refractivity contribution is -0.131. The van der Waals surface area contributed by atoms with Gasteiger partial charge in [0.05, 0.1) is 11.7 Å². The lowest BCUT2D eigenvalue weighted by Crippen LogP contribution is -2.50. The highest BCUT2D eigenvalue weighted by atomic mass is 16.2. The van der Waals surface area contributed by atoms with E-state index in [4.69, 9.17) is 5.73 Å². The van der Waals surface area contributed by atoms with Crippen molar-refractivity contribution in [2.45, 2.75) is 25.4 Å². The normalized spacial score (nSPS) is 31.2. The molecule has 2 heterocycles. The molecule has 82 valence electrons. The number of carbonyl (C=O) groups is 1. The Kier molecular flexibility index (Phi) is 2.31. The molecule has 0 bridgehead atoms. The van der Waals surface area contributed by atoms with Gasteiger partial charge in [-0.25, -0.2) is 0 Å². The Labute approximate surface area is 90.0 Å². The van der Waals surface area contributed by atoms with Gasteiger partial charge in [-0.2, -0.15) is 0 Å². The first-order chi connectivity index (χ1) is 7.06. The van der Waals surface area contributed by atoms with Gasteiger partial charge in [-0.1, -0.05) is 13.2 Å². The van der Waals surface area contributed by atoms with Crippen LogP contribution in [-0.4, -0.2) is 40.9 Å². The van der Waals surface area contributed by atoms with Crippen LogP contribution in [0.2, 0.25) is 0 Å².